The number of hydrogen-bond acceptors (Lipinski definition) is 3. The van der Waals surface area contributed by atoms with Gasteiger partial charge in [0.2, 0.25) is 0 Å². The van der Waals surface area contributed by atoms with Crippen molar-refractivity contribution in [3.63, 3.8) is 0 Å². The van der Waals surface area contributed by atoms with Gasteiger partial charge in [-0.1, -0.05) is 6.07 Å². The Morgan fingerprint density at radius 1 is 1.24 bits per heavy atom. The first-order valence-electron chi connectivity index (χ1n) is 5.31. The van der Waals surface area contributed by atoms with E-state index in [9.17, 15) is 0 Å². The normalized spacial score (nSPS) is 10.1. The maximum Gasteiger partial charge on any atom is 0.0593 e. The summed E-state index contributed by atoms with van der Waals surface area (Å²) in [5, 5.41) is 3.35. The number of rotatable bonds is 3. The molecule has 0 aliphatic heterocycles. The zero-order valence-electron chi connectivity index (χ0n) is 9.81. The van der Waals surface area contributed by atoms with Gasteiger partial charge in [0, 0.05) is 37.9 Å². The highest BCUT2D eigenvalue weighted by molar-refractivity contribution is 9.10. The molecule has 17 heavy (non-hydrogen) atoms. The van der Waals surface area contributed by atoms with E-state index in [2.05, 4.69) is 43.3 Å². The van der Waals surface area contributed by atoms with E-state index in [-0.39, 0.29) is 0 Å². The molecule has 0 saturated heterocycles. The molecule has 2 rings (SSSR count). The Hall–Kier alpha value is -1.55. The first-order valence-corrected chi connectivity index (χ1v) is 6.10. The molecule has 0 saturated carbocycles. The monoisotopic (exact) mass is 291 g/mol. The Morgan fingerprint density at radius 2 is 2.06 bits per heavy atom. The van der Waals surface area contributed by atoms with Crippen LogP contribution in [-0.4, -0.2) is 19.1 Å². The summed E-state index contributed by atoms with van der Waals surface area (Å²) in [6.45, 7) is 0. The summed E-state index contributed by atoms with van der Waals surface area (Å²) < 4.78 is 0.954. The van der Waals surface area contributed by atoms with Crippen LogP contribution in [0.3, 0.4) is 0 Å². The lowest BCUT2D eigenvalue weighted by Gasteiger charge is -2.14. The lowest BCUT2D eigenvalue weighted by atomic mass is 10.2. The molecule has 88 valence electrons. The number of benzene rings is 1. The van der Waals surface area contributed by atoms with Crippen LogP contribution in [0.5, 0.6) is 0 Å². The maximum atomic E-state index is 4.04. The zero-order chi connectivity index (χ0) is 12.3. The fraction of sp³-hybridized carbons (Fsp3) is 0.154. The lowest BCUT2D eigenvalue weighted by molar-refractivity contribution is 1.13. The SMILES string of the molecule is CN(C)c1cccc(Nc2ccncc2Br)c1. The Kier molecular flexibility index (Phi) is 3.64. The standard InChI is InChI=1S/C13H14BrN3/c1-17(2)11-5-3-4-10(8-11)16-13-6-7-15-9-12(13)14/h3-9H,1-2H3,(H,15,16). The topological polar surface area (TPSA) is 28.2 Å². The quantitative estimate of drug-likeness (QED) is 0.936. The first kappa shape index (κ1) is 11.9. The summed E-state index contributed by atoms with van der Waals surface area (Å²) in [5.41, 5.74) is 3.24. The molecule has 0 atom stereocenters. The van der Waals surface area contributed by atoms with Crippen molar-refractivity contribution in [2.75, 3.05) is 24.3 Å². The van der Waals surface area contributed by atoms with E-state index in [1.54, 1.807) is 12.4 Å². The number of pyridine rings is 1. The molecule has 0 unspecified atom stereocenters. The average molecular weight is 292 g/mol. The lowest BCUT2D eigenvalue weighted by Crippen LogP contribution is -2.08. The highest BCUT2D eigenvalue weighted by atomic mass is 79.9. The molecule has 4 heteroatoms. The summed E-state index contributed by atoms with van der Waals surface area (Å²) in [7, 11) is 4.06. The second kappa shape index (κ2) is 5.19. The van der Waals surface area contributed by atoms with Crippen molar-refractivity contribution >= 4 is 33.0 Å². The maximum absolute atomic E-state index is 4.04. The Bertz CT molecular complexity index is 512. The minimum atomic E-state index is 0.954. The van der Waals surface area contributed by atoms with Crippen LogP contribution in [0.1, 0.15) is 0 Å². The van der Waals surface area contributed by atoms with E-state index >= 15 is 0 Å². The molecular weight excluding hydrogens is 278 g/mol. The van der Waals surface area contributed by atoms with Crippen LogP contribution in [-0.2, 0) is 0 Å². The summed E-state index contributed by atoms with van der Waals surface area (Å²) in [5.74, 6) is 0. The molecule has 1 aromatic carbocycles. The predicted molar refractivity (Wildman–Crippen MR) is 76.0 cm³/mol. The molecule has 3 nitrogen and oxygen atoms in total. The molecule has 0 aliphatic carbocycles. The van der Waals surface area contributed by atoms with Crippen molar-refractivity contribution in [2.24, 2.45) is 0 Å². The van der Waals surface area contributed by atoms with E-state index < -0.39 is 0 Å². The smallest absolute Gasteiger partial charge is 0.0593 e. The number of aromatic nitrogens is 1. The van der Waals surface area contributed by atoms with Gasteiger partial charge in [-0.2, -0.15) is 0 Å². The fourth-order valence-electron chi connectivity index (χ4n) is 1.49. The molecular formula is C13H14BrN3. The molecule has 1 aromatic heterocycles. The fourth-order valence-corrected chi connectivity index (χ4v) is 1.84. The van der Waals surface area contributed by atoms with Crippen LogP contribution in [0.2, 0.25) is 0 Å². The molecule has 2 aromatic rings. The second-order valence-corrected chi connectivity index (χ2v) is 4.78. The van der Waals surface area contributed by atoms with Gasteiger partial charge in [-0.05, 0) is 40.2 Å². The van der Waals surface area contributed by atoms with Gasteiger partial charge in [0.15, 0.2) is 0 Å². The second-order valence-electron chi connectivity index (χ2n) is 3.93. The Morgan fingerprint density at radius 3 is 2.76 bits per heavy atom. The number of nitrogens with one attached hydrogen (secondary N) is 1. The van der Waals surface area contributed by atoms with Crippen molar-refractivity contribution in [1.29, 1.82) is 0 Å². The van der Waals surface area contributed by atoms with Crippen molar-refractivity contribution in [3.8, 4) is 0 Å². The molecule has 1 heterocycles. The summed E-state index contributed by atoms with van der Waals surface area (Å²) in [6, 6.07) is 10.2. The molecule has 0 bridgehead atoms. The van der Waals surface area contributed by atoms with Gasteiger partial charge in [-0.25, -0.2) is 0 Å². The van der Waals surface area contributed by atoms with Crippen molar-refractivity contribution in [3.05, 3.63) is 47.2 Å². The van der Waals surface area contributed by atoms with Crippen LogP contribution in [0.4, 0.5) is 17.1 Å². The summed E-state index contributed by atoms with van der Waals surface area (Å²) in [6.07, 6.45) is 3.54. The minimum Gasteiger partial charge on any atom is -0.378 e. The third-order valence-electron chi connectivity index (χ3n) is 2.41. The van der Waals surface area contributed by atoms with Crippen LogP contribution in [0, 0.1) is 0 Å². The third-order valence-corrected chi connectivity index (χ3v) is 3.05. The van der Waals surface area contributed by atoms with Crippen molar-refractivity contribution < 1.29 is 0 Å². The zero-order valence-corrected chi connectivity index (χ0v) is 11.4. The van der Waals surface area contributed by atoms with E-state index in [1.807, 2.05) is 32.3 Å². The predicted octanol–water partition coefficient (Wildman–Crippen LogP) is 3.65. The Balaban J connectivity index is 2.25. The number of halogens is 1. The van der Waals surface area contributed by atoms with Gasteiger partial charge in [0.05, 0.1) is 10.2 Å². The highest BCUT2D eigenvalue weighted by Crippen LogP contribution is 2.26. The van der Waals surface area contributed by atoms with Crippen molar-refractivity contribution in [1.82, 2.24) is 4.98 Å². The van der Waals surface area contributed by atoms with Gasteiger partial charge in [-0.15, -0.1) is 0 Å². The van der Waals surface area contributed by atoms with E-state index in [0.717, 1.165) is 15.8 Å². The van der Waals surface area contributed by atoms with Crippen LogP contribution >= 0.6 is 15.9 Å². The summed E-state index contributed by atoms with van der Waals surface area (Å²) in [4.78, 5) is 6.11. The minimum absolute atomic E-state index is 0.954. The molecule has 0 aliphatic rings. The number of anilines is 3. The highest BCUT2D eigenvalue weighted by Gasteiger charge is 2.01. The van der Waals surface area contributed by atoms with E-state index in [0.29, 0.717) is 0 Å². The number of nitrogens with zero attached hydrogens (tertiary/aromatic N) is 2. The van der Waals surface area contributed by atoms with E-state index in [4.69, 9.17) is 0 Å². The molecule has 0 amide bonds. The van der Waals surface area contributed by atoms with Gasteiger partial charge in [0.1, 0.15) is 0 Å². The molecule has 0 fully saturated rings. The summed E-state index contributed by atoms with van der Waals surface area (Å²) >= 11 is 3.47. The van der Waals surface area contributed by atoms with E-state index in [1.165, 1.54) is 5.69 Å². The average Bonchev–Trinajstić information content (AvgIpc) is 2.32. The van der Waals surface area contributed by atoms with Gasteiger partial charge < -0.3 is 10.2 Å². The Labute approximate surface area is 110 Å². The molecule has 1 N–H and O–H groups in total. The molecule has 0 spiro atoms. The van der Waals surface area contributed by atoms with Crippen molar-refractivity contribution in [2.45, 2.75) is 0 Å². The van der Waals surface area contributed by atoms with Gasteiger partial charge >= 0.3 is 0 Å². The van der Waals surface area contributed by atoms with Crippen LogP contribution in [0.25, 0.3) is 0 Å². The van der Waals surface area contributed by atoms with Crippen LogP contribution < -0.4 is 10.2 Å². The largest absolute Gasteiger partial charge is 0.378 e. The van der Waals surface area contributed by atoms with Gasteiger partial charge in [-0.3, -0.25) is 4.98 Å². The molecule has 0 radical (unpaired) electrons. The third kappa shape index (κ3) is 2.97. The van der Waals surface area contributed by atoms with Gasteiger partial charge in [0.25, 0.3) is 0 Å². The number of hydrogen-bond donors (Lipinski definition) is 1. The first-order chi connectivity index (χ1) is 8.16. The van der Waals surface area contributed by atoms with Crippen LogP contribution in [0.15, 0.2) is 47.2 Å².